The van der Waals surface area contributed by atoms with Crippen molar-refractivity contribution >= 4 is 32.9 Å². The summed E-state index contributed by atoms with van der Waals surface area (Å²) < 4.78 is 8.22. The van der Waals surface area contributed by atoms with Gasteiger partial charge >= 0.3 is 0 Å². The van der Waals surface area contributed by atoms with Crippen molar-refractivity contribution in [2.24, 2.45) is 0 Å². The van der Waals surface area contributed by atoms with Crippen LogP contribution in [0.1, 0.15) is 22.6 Å². The minimum atomic E-state index is -0.101. The van der Waals surface area contributed by atoms with Gasteiger partial charge in [0, 0.05) is 23.0 Å². The van der Waals surface area contributed by atoms with E-state index < -0.39 is 0 Å². The summed E-state index contributed by atoms with van der Waals surface area (Å²) >= 11 is 3.44. The first kappa shape index (κ1) is 19.2. The summed E-state index contributed by atoms with van der Waals surface area (Å²) in [6.45, 7) is 5.20. The Kier molecular flexibility index (Phi) is 6.29. The van der Waals surface area contributed by atoms with Crippen LogP contribution in [0.4, 0.5) is 0 Å². The van der Waals surface area contributed by atoms with Gasteiger partial charge in [-0.3, -0.25) is 4.79 Å². The van der Waals surface area contributed by atoms with E-state index in [1.807, 2.05) is 30.3 Å². The molecule has 6 heteroatoms. The number of allylic oxidation sites excluding steroid dienone is 1. The number of imidazole rings is 1. The lowest BCUT2D eigenvalue weighted by atomic mass is 10.2. The molecule has 0 spiro atoms. The number of carbonyl (C=O) groups is 1. The highest BCUT2D eigenvalue weighted by molar-refractivity contribution is 9.11. The molecule has 3 aromatic rings. The number of halogens is 1. The normalized spacial score (nSPS) is 10.7. The zero-order valence-electron chi connectivity index (χ0n) is 15.2. The number of fused-ring (bicyclic) bond motifs is 1. The number of ether oxygens (including phenoxy) is 1. The number of hydrogen-bond donors (Lipinski definition) is 1. The molecule has 0 saturated carbocycles. The second-order valence-corrected chi connectivity index (χ2v) is 7.33. The van der Waals surface area contributed by atoms with Crippen molar-refractivity contribution in [3.63, 3.8) is 0 Å². The fourth-order valence-corrected chi connectivity index (χ4v) is 3.23. The summed E-state index contributed by atoms with van der Waals surface area (Å²) in [5, 5.41) is 2.96. The molecule has 1 aromatic heterocycles. The molecule has 0 aliphatic heterocycles. The third kappa shape index (κ3) is 4.77. The SMILES string of the molecule is C=C(Br)Cn1c(CCCNC(=O)c2cccc(OC)c2)nc2ccccc21. The van der Waals surface area contributed by atoms with Gasteiger partial charge in [-0.25, -0.2) is 4.98 Å². The quantitative estimate of drug-likeness (QED) is 0.544. The molecule has 0 fully saturated rings. The average Bonchev–Trinajstić information content (AvgIpc) is 3.02. The Labute approximate surface area is 167 Å². The van der Waals surface area contributed by atoms with Crippen molar-refractivity contribution in [3.05, 3.63) is 71.0 Å². The molecule has 2 aromatic carbocycles. The van der Waals surface area contributed by atoms with Crippen LogP contribution in [0.15, 0.2) is 59.6 Å². The summed E-state index contributed by atoms with van der Waals surface area (Å²) in [7, 11) is 1.59. The van der Waals surface area contributed by atoms with Crippen LogP contribution in [0, 0.1) is 0 Å². The molecule has 1 heterocycles. The molecule has 1 N–H and O–H groups in total. The summed E-state index contributed by atoms with van der Waals surface area (Å²) in [4.78, 5) is 17.0. The molecule has 0 atom stereocenters. The maximum Gasteiger partial charge on any atom is 0.251 e. The molecule has 5 nitrogen and oxygen atoms in total. The van der Waals surface area contributed by atoms with Gasteiger partial charge in [0.1, 0.15) is 11.6 Å². The smallest absolute Gasteiger partial charge is 0.251 e. The molecule has 0 unspecified atom stereocenters. The van der Waals surface area contributed by atoms with Gasteiger partial charge in [-0.15, -0.1) is 0 Å². The van der Waals surface area contributed by atoms with E-state index in [1.165, 1.54) is 0 Å². The molecule has 1 amide bonds. The number of benzene rings is 2. The van der Waals surface area contributed by atoms with E-state index >= 15 is 0 Å². The van der Waals surface area contributed by atoms with Gasteiger partial charge in [-0.2, -0.15) is 0 Å². The van der Waals surface area contributed by atoms with E-state index in [4.69, 9.17) is 9.72 Å². The Hall–Kier alpha value is -2.60. The first-order valence-corrected chi connectivity index (χ1v) is 9.57. The molecule has 0 aliphatic carbocycles. The maximum atomic E-state index is 12.3. The predicted octanol–water partition coefficient (Wildman–Crippen LogP) is 4.32. The standard InChI is InChI=1S/C21H22BrN3O2/c1-15(22)14-25-19-10-4-3-9-18(19)24-20(25)11-6-12-23-21(26)16-7-5-8-17(13-16)27-2/h3-5,7-10,13H,1,6,11-12,14H2,2H3,(H,23,26). The second kappa shape index (κ2) is 8.86. The molecule has 140 valence electrons. The van der Waals surface area contributed by atoms with Crippen molar-refractivity contribution in [2.75, 3.05) is 13.7 Å². The number of nitrogens with zero attached hydrogens (tertiary/aromatic N) is 2. The van der Waals surface area contributed by atoms with Crippen molar-refractivity contribution in [2.45, 2.75) is 19.4 Å². The molecule has 0 bridgehead atoms. The lowest BCUT2D eigenvalue weighted by molar-refractivity contribution is 0.0953. The monoisotopic (exact) mass is 427 g/mol. The van der Waals surface area contributed by atoms with Crippen LogP contribution < -0.4 is 10.1 Å². The first-order valence-electron chi connectivity index (χ1n) is 8.78. The minimum Gasteiger partial charge on any atom is -0.497 e. The van der Waals surface area contributed by atoms with Crippen molar-refractivity contribution < 1.29 is 9.53 Å². The molecule has 0 saturated heterocycles. The predicted molar refractivity (Wildman–Crippen MR) is 111 cm³/mol. The minimum absolute atomic E-state index is 0.101. The van der Waals surface area contributed by atoms with Crippen LogP contribution in [0.25, 0.3) is 11.0 Å². The summed E-state index contributed by atoms with van der Waals surface area (Å²) in [5.74, 6) is 1.56. The van der Waals surface area contributed by atoms with Gasteiger partial charge in [0.2, 0.25) is 0 Å². The molecular weight excluding hydrogens is 406 g/mol. The number of carbonyl (C=O) groups excluding carboxylic acids is 1. The highest BCUT2D eigenvalue weighted by Crippen LogP contribution is 2.20. The van der Waals surface area contributed by atoms with E-state index in [1.54, 1.807) is 19.2 Å². The Bertz CT molecular complexity index is 965. The third-order valence-electron chi connectivity index (χ3n) is 4.26. The molecule has 3 rings (SSSR count). The summed E-state index contributed by atoms with van der Waals surface area (Å²) in [6.07, 6.45) is 1.57. The number of para-hydroxylation sites is 2. The zero-order chi connectivity index (χ0) is 19.2. The van der Waals surface area contributed by atoms with Gasteiger partial charge < -0.3 is 14.6 Å². The van der Waals surface area contributed by atoms with E-state index in [0.717, 1.165) is 34.2 Å². The summed E-state index contributed by atoms with van der Waals surface area (Å²) in [5.41, 5.74) is 2.66. The summed E-state index contributed by atoms with van der Waals surface area (Å²) in [6, 6.07) is 15.2. The Morgan fingerprint density at radius 1 is 1.26 bits per heavy atom. The number of aryl methyl sites for hydroxylation is 1. The third-order valence-corrected chi connectivity index (χ3v) is 4.51. The number of amides is 1. The van der Waals surface area contributed by atoms with Crippen molar-refractivity contribution in [3.8, 4) is 5.75 Å². The van der Waals surface area contributed by atoms with Gasteiger partial charge in [-0.1, -0.05) is 40.7 Å². The number of methoxy groups -OCH3 is 1. The van der Waals surface area contributed by atoms with Gasteiger partial charge in [0.25, 0.3) is 5.91 Å². The highest BCUT2D eigenvalue weighted by atomic mass is 79.9. The first-order chi connectivity index (χ1) is 13.1. The van der Waals surface area contributed by atoms with Crippen LogP contribution in [0.2, 0.25) is 0 Å². The molecular formula is C21H22BrN3O2. The largest absolute Gasteiger partial charge is 0.497 e. The molecule has 0 aliphatic rings. The van der Waals surface area contributed by atoms with Crippen molar-refractivity contribution in [1.29, 1.82) is 0 Å². The Morgan fingerprint density at radius 3 is 2.85 bits per heavy atom. The lowest BCUT2D eigenvalue weighted by Gasteiger charge is -2.09. The van der Waals surface area contributed by atoms with Crippen LogP contribution in [0.5, 0.6) is 5.75 Å². The number of hydrogen-bond acceptors (Lipinski definition) is 3. The molecule has 0 radical (unpaired) electrons. The molecule has 27 heavy (non-hydrogen) atoms. The van der Waals surface area contributed by atoms with Crippen LogP contribution in [-0.2, 0) is 13.0 Å². The zero-order valence-corrected chi connectivity index (χ0v) is 16.8. The highest BCUT2D eigenvalue weighted by Gasteiger charge is 2.11. The average molecular weight is 428 g/mol. The van der Waals surface area contributed by atoms with Gasteiger partial charge in [-0.05, 0) is 36.8 Å². The van der Waals surface area contributed by atoms with E-state index in [9.17, 15) is 4.79 Å². The van der Waals surface area contributed by atoms with Crippen LogP contribution in [0.3, 0.4) is 0 Å². The maximum absolute atomic E-state index is 12.3. The lowest BCUT2D eigenvalue weighted by Crippen LogP contribution is -2.25. The Balaban J connectivity index is 1.61. The number of rotatable bonds is 8. The van der Waals surface area contributed by atoms with Crippen LogP contribution >= 0.6 is 15.9 Å². The number of nitrogens with one attached hydrogen (secondary N) is 1. The Morgan fingerprint density at radius 2 is 2.07 bits per heavy atom. The van der Waals surface area contributed by atoms with E-state index in [2.05, 4.69) is 38.5 Å². The van der Waals surface area contributed by atoms with E-state index in [0.29, 0.717) is 24.4 Å². The van der Waals surface area contributed by atoms with Crippen molar-refractivity contribution in [1.82, 2.24) is 14.9 Å². The van der Waals surface area contributed by atoms with E-state index in [-0.39, 0.29) is 5.91 Å². The van der Waals surface area contributed by atoms with Gasteiger partial charge in [0.15, 0.2) is 0 Å². The second-order valence-electron chi connectivity index (χ2n) is 6.21. The topological polar surface area (TPSA) is 56.2 Å². The number of aromatic nitrogens is 2. The fraction of sp³-hybridized carbons (Fsp3) is 0.238. The van der Waals surface area contributed by atoms with Gasteiger partial charge in [0.05, 0.1) is 24.7 Å². The van der Waals surface area contributed by atoms with Crippen LogP contribution in [-0.4, -0.2) is 29.1 Å². The fourth-order valence-electron chi connectivity index (χ4n) is 2.98.